The van der Waals surface area contributed by atoms with Gasteiger partial charge in [0.15, 0.2) is 11.2 Å². The van der Waals surface area contributed by atoms with Crippen molar-refractivity contribution in [3.8, 4) is 5.69 Å². The van der Waals surface area contributed by atoms with Crippen molar-refractivity contribution in [3.63, 3.8) is 0 Å². The van der Waals surface area contributed by atoms with Crippen LogP contribution in [0.15, 0.2) is 58.1 Å². The highest BCUT2D eigenvalue weighted by atomic mass is 19.1. The molecule has 8 nitrogen and oxygen atoms in total. The normalized spacial score (nSPS) is 11.6. The van der Waals surface area contributed by atoms with Crippen molar-refractivity contribution in [1.29, 1.82) is 0 Å². The Bertz CT molecular complexity index is 1640. The van der Waals surface area contributed by atoms with Crippen molar-refractivity contribution in [3.05, 3.63) is 92.1 Å². The Balaban J connectivity index is 1.85. The fourth-order valence-electron chi connectivity index (χ4n) is 4.14. The van der Waals surface area contributed by atoms with E-state index < -0.39 is 11.2 Å². The van der Waals surface area contributed by atoms with Gasteiger partial charge in [-0.1, -0.05) is 24.3 Å². The highest BCUT2D eigenvalue weighted by molar-refractivity contribution is 5.78. The first-order valence-corrected chi connectivity index (χ1v) is 10.1. The predicted octanol–water partition coefficient (Wildman–Crippen LogP) is 2.53. The van der Waals surface area contributed by atoms with E-state index in [9.17, 15) is 14.0 Å². The van der Waals surface area contributed by atoms with Gasteiger partial charge in [-0.15, -0.1) is 0 Å². The molecule has 0 amide bonds. The fraction of sp³-hybridized carbons (Fsp3) is 0.174. The van der Waals surface area contributed by atoms with Gasteiger partial charge in [-0.05, 0) is 43.7 Å². The molecule has 3 heterocycles. The van der Waals surface area contributed by atoms with Crippen molar-refractivity contribution in [1.82, 2.24) is 23.1 Å². The van der Waals surface area contributed by atoms with Crippen LogP contribution in [-0.4, -0.2) is 23.1 Å². The SMILES string of the molecule is Cc1c(C)n2c3c(=O)n(Cc4ccc(F)cc4)c(=O)n(C)c3nc2n1-c1ccccc1N. The number of aromatic nitrogens is 5. The maximum atomic E-state index is 13.5. The van der Waals surface area contributed by atoms with E-state index in [0.717, 1.165) is 21.6 Å². The number of hydrogen-bond donors (Lipinski definition) is 1. The second-order valence-corrected chi connectivity index (χ2v) is 7.84. The lowest BCUT2D eigenvalue weighted by atomic mass is 10.2. The number of rotatable bonds is 3. The van der Waals surface area contributed by atoms with Crippen LogP contribution in [0.4, 0.5) is 10.1 Å². The number of nitrogen functional groups attached to an aromatic ring is 1. The molecule has 5 aromatic rings. The summed E-state index contributed by atoms with van der Waals surface area (Å²) in [7, 11) is 1.58. The van der Waals surface area contributed by atoms with E-state index in [4.69, 9.17) is 5.73 Å². The first-order chi connectivity index (χ1) is 15.3. The van der Waals surface area contributed by atoms with Gasteiger partial charge in [-0.25, -0.2) is 9.18 Å². The molecule has 0 saturated heterocycles. The minimum absolute atomic E-state index is 0.0271. The van der Waals surface area contributed by atoms with E-state index in [1.54, 1.807) is 29.6 Å². The zero-order valence-corrected chi connectivity index (χ0v) is 17.8. The minimum atomic E-state index is -0.493. The lowest BCUT2D eigenvalue weighted by Crippen LogP contribution is -2.39. The third-order valence-electron chi connectivity index (χ3n) is 5.95. The van der Waals surface area contributed by atoms with Gasteiger partial charge in [0.2, 0.25) is 5.78 Å². The summed E-state index contributed by atoms with van der Waals surface area (Å²) in [6.07, 6.45) is 0. The highest BCUT2D eigenvalue weighted by Crippen LogP contribution is 2.27. The van der Waals surface area contributed by atoms with E-state index in [1.165, 1.54) is 16.7 Å². The lowest BCUT2D eigenvalue weighted by molar-refractivity contribution is 0.623. The third-order valence-corrected chi connectivity index (χ3v) is 5.95. The monoisotopic (exact) mass is 432 g/mol. The van der Waals surface area contributed by atoms with Crippen LogP contribution in [0.1, 0.15) is 17.0 Å². The standard InChI is InChI=1S/C23H21FN6O2/c1-13-14(2)30-19-20(26-22(30)29(13)18-7-5-4-6-17(18)25)27(3)23(32)28(21(19)31)12-15-8-10-16(24)11-9-15/h4-11H,12,25H2,1-3H3. The Morgan fingerprint density at radius 1 is 1.00 bits per heavy atom. The summed E-state index contributed by atoms with van der Waals surface area (Å²) in [5.74, 6) is 0.120. The van der Waals surface area contributed by atoms with E-state index in [1.807, 2.05) is 36.6 Å². The first-order valence-electron chi connectivity index (χ1n) is 10.1. The third kappa shape index (κ3) is 2.71. The maximum Gasteiger partial charge on any atom is 0.332 e. The van der Waals surface area contributed by atoms with Crippen LogP contribution >= 0.6 is 0 Å². The number of halogens is 1. The summed E-state index contributed by atoms with van der Waals surface area (Å²) in [6.45, 7) is 3.86. The molecule has 0 atom stereocenters. The Kier molecular flexibility index (Phi) is 4.30. The summed E-state index contributed by atoms with van der Waals surface area (Å²) in [6, 6.07) is 13.1. The van der Waals surface area contributed by atoms with E-state index in [0.29, 0.717) is 22.5 Å². The molecule has 162 valence electrons. The van der Waals surface area contributed by atoms with Gasteiger partial charge in [0, 0.05) is 18.4 Å². The van der Waals surface area contributed by atoms with Gasteiger partial charge < -0.3 is 5.73 Å². The molecule has 32 heavy (non-hydrogen) atoms. The molecule has 0 bridgehead atoms. The predicted molar refractivity (Wildman–Crippen MR) is 121 cm³/mol. The number of fused-ring (bicyclic) bond motifs is 3. The quantitative estimate of drug-likeness (QED) is 0.444. The number of imidazole rings is 2. The molecular formula is C23H21FN6O2. The van der Waals surface area contributed by atoms with Gasteiger partial charge in [-0.2, -0.15) is 4.98 Å². The van der Waals surface area contributed by atoms with E-state index >= 15 is 0 Å². The van der Waals surface area contributed by atoms with E-state index in [-0.39, 0.29) is 18.0 Å². The largest absolute Gasteiger partial charge is 0.397 e. The Morgan fingerprint density at radius 3 is 2.38 bits per heavy atom. The molecule has 0 aliphatic rings. The molecule has 5 rings (SSSR count). The molecule has 3 aromatic heterocycles. The topological polar surface area (TPSA) is 92.2 Å². The fourth-order valence-corrected chi connectivity index (χ4v) is 4.14. The lowest BCUT2D eigenvalue weighted by Gasteiger charge is -2.09. The van der Waals surface area contributed by atoms with Crippen LogP contribution in [0, 0.1) is 19.7 Å². The molecular weight excluding hydrogens is 411 g/mol. The minimum Gasteiger partial charge on any atom is -0.397 e. The highest BCUT2D eigenvalue weighted by Gasteiger charge is 2.23. The number of hydrogen-bond acceptors (Lipinski definition) is 4. The van der Waals surface area contributed by atoms with Crippen LogP contribution in [0.25, 0.3) is 22.6 Å². The van der Waals surface area contributed by atoms with Gasteiger partial charge in [-0.3, -0.25) is 22.9 Å². The van der Waals surface area contributed by atoms with Gasteiger partial charge in [0.1, 0.15) is 5.82 Å². The summed E-state index contributed by atoms with van der Waals surface area (Å²) in [4.78, 5) is 31.2. The number of nitrogens with two attached hydrogens (primary N) is 1. The summed E-state index contributed by atoms with van der Waals surface area (Å²) < 4.78 is 19.4. The number of para-hydroxylation sites is 2. The Morgan fingerprint density at radius 2 is 1.69 bits per heavy atom. The molecule has 0 radical (unpaired) electrons. The number of benzene rings is 2. The number of anilines is 1. The van der Waals surface area contributed by atoms with Crippen molar-refractivity contribution < 1.29 is 4.39 Å². The summed E-state index contributed by atoms with van der Waals surface area (Å²) in [5.41, 5.74) is 9.52. The summed E-state index contributed by atoms with van der Waals surface area (Å²) in [5, 5.41) is 0. The zero-order chi connectivity index (χ0) is 22.7. The average Bonchev–Trinajstić information content (AvgIpc) is 3.27. The smallest absolute Gasteiger partial charge is 0.332 e. The van der Waals surface area contributed by atoms with Crippen molar-refractivity contribution in [2.75, 3.05) is 5.73 Å². The van der Waals surface area contributed by atoms with Crippen LogP contribution in [-0.2, 0) is 13.6 Å². The molecule has 2 aromatic carbocycles. The second-order valence-electron chi connectivity index (χ2n) is 7.84. The molecule has 0 unspecified atom stereocenters. The van der Waals surface area contributed by atoms with Crippen LogP contribution < -0.4 is 17.0 Å². The molecule has 0 saturated carbocycles. The van der Waals surface area contributed by atoms with Crippen LogP contribution in [0.3, 0.4) is 0 Å². The molecule has 2 N–H and O–H groups in total. The number of nitrogens with zero attached hydrogens (tertiary/aromatic N) is 5. The molecule has 0 spiro atoms. The molecule has 0 aliphatic heterocycles. The van der Waals surface area contributed by atoms with Gasteiger partial charge in [0.25, 0.3) is 5.56 Å². The Hall–Kier alpha value is -4.14. The maximum absolute atomic E-state index is 13.5. The molecule has 0 fully saturated rings. The van der Waals surface area contributed by atoms with Crippen molar-refractivity contribution in [2.45, 2.75) is 20.4 Å². The second kappa shape index (κ2) is 6.94. The molecule has 9 heteroatoms. The van der Waals surface area contributed by atoms with Crippen molar-refractivity contribution in [2.24, 2.45) is 7.05 Å². The Labute approximate surface area is 181 Å². The van der Waals surface area contributed by atoms with Gasteiger partial charge in [0.05, 0.1) is 17.9 Å². The van der Waals surface area contributed by atoms with Crippen LogP contribution in [0.5, 0.6) is 0 Å². The van der Waals surface area contributed by atoms with E-state index in [2.05, 4.69) is 4.98 Å². The molecule has 0 aliphatic carbocycles. The van der Waals surface area contributed by atoms with Gasteiger partial charge >= 0.3 is 5.69 Å². The first kappa shape index (κ1) is 19.8. The number of aryl methyl sites for hydroxylation is 2. The van der Waals surface area contributed by atoms with Crippen LogP contribution in [0.2, 0.25) is 0 Å². The zero-order valence-electron chi connectivity index (χ0n) is 17.8. The van der Waals surface area contributed by atoms with Crippen molar-refractivity contribution >= 4 is 22.6 Å². The average molecular weight is 432 g/mol. The summed E-state index contributed by atoms with van der Waals surface area (Å²) >= 11 is 0.